The Morgan fingerprint density at radius 3 is 2.59 bits per heavy atom. The van der Waals surface area contributed by atoms with Crippen LogP contribution in [0.5, 0.6) is 5.75 Å². The lowest BCUT2D eigenvalue weighted by molar-refractivity contribution is 0.255. The van der Waals surface area contributed by atoms with Crippen LogP contribution in [0.25, 0.3) is 6.08 Å². The molecule has 0 saturated carbocycles. The second kappa shape index (κ2) is 7.52. The Morgan fingerprint density at radius 1 is 1.18 bits per heavy atom. The SMILES string of the molecule is COc1ccc(C)cc1NC(=O)N/C=C/c1ccc(Cl)cc1. The zero-order chi connectivity index (χ0) is 15.9. The molecule has 4 nitrogen and oxygen atoms in total. The van der Waals surface area contributed by atoms with Crippen molar-refractivity contribution in [2.75, 3.05) is 12.4 Å². The first-order valence-electron chi connectivity index (χ1n) is 6.73. The molecule has 0 aliphatic carbocycles. The molecule has 0 fully saturated rings. The number of benzene rings is 2. The number of carbonyl (C=O) groups is 1. The molecule has 2 N–H and O–H groups in total. The first-order chi connectivity index (χ1) is 10.6. The minimum atomic E-state index is -0.339. The summed E-state index contributed by atoms with van der Waals surface area (Å²) in [6.45, 7) is 1.95. The van der Waals surface area contributed by atoms with Gasteiger partial charge in [-0.15, -0.1) is 0 Å². The molecular formula is C17H17ClN2O2. The van der Waals surface area contributed by atoms with Crippen molar-refractivity contribution in [3.63, 3.8) is 0 Å². The van der Waals surface area contributed by atoms with E-state index in [4.69, 9.17) is 16.3 Å². The van der Waals surface area contributed by atoms with E-state index in [0.29, 0.717) is 16.5 Å². The number of aryl methyl sites for hydroxylation is 1. The minimum absolute atomic E-state index is 0.339. The third-order valence-electron chi connectivity index (χ3n) is 2.96. The van der Waals surface area contributed by atoms with E-state index in [-0.39, 0.29) is 6.03 Å². The van der Waals surface area contributed by atoms with Crippen molar-refractivity contribution in [1.29, 1.82) is 0 Å². The van der Waals surface area contributed by atoms with Gasteiger partial charge in [0.2, 0.25) is 0 Å². The fourth-order valence-corrected chi connectivity index (χ4v) is 1.99. The summed E-state index contributed by atoms with van der Waals surface area (Å²) in [5, 5.41) is 6.07. The summed E-state index contributed by atoms with van der Waals surface area (Å²) in [4.78, 5) is 11.9. The normalized spacial score (nSPS) is 10.5. The van der Waals surface area contributed by atoms with Gasteiger partial charge in [0, 0.05) is 11.2 Å². The standard InChI is InChI=1S/C17H17ClN2O2/c1-12-3-8-16(22-2)15(11-12)20-17(21)19-10-9-13-4-6-14(18)7-5-13/h3-11H,1-2H3,(H2,19,20,21)/b10-9+. The lowest BCUT2D eigenvalue weighted by Gasteiger charge is -2.10. The number of rotatable bonds is 4. The van der Waals surface area contributed by atoms with E-state index < -0.39 is 0 Å². The lowest BCUT2D eigenvalue weighted by Crippen LogP contribution is -2.24. The van der Waals surface area contributed by atoms with Gasteiger partial charge in [-0.05, 0) is 48.4 Å². The number of hydrogen-bond donors (Lipinski definition) is 2. The van der Waals surface area contributed by atoms with Gasteiger partial charge in [0.1, 0.15) is 5.75 Å². The van der Waals surface area contributed by atoms with Gasteiger partial charge in [-0.1, -0.05) is 29.8 Å². The quantitative estimate of drug-likeness (QED) is 0.875. The van der Waals surface area contributed by atoms with Crippen LogP contribution in [0.4, 0.5) is 10.5 Å². The van der Waals surface area contributed by atoms with Gasteiger partial charge in [0.05, 0.1) is 12.8 Å². The molecule has 0 radical (unpaired) electrons. The molecule has 2 aromatic rings. The zero-order valence-corrected chi connectivity index (χ0v) is 13.1. The summed E-state index contributed by atoms with van der Waals surface area (Å²) in [6.07, 6.45) is 3.35. The molecule has 0 aliphatic rings. The maximum absolute atomic E-state index is 11.9. The average Bonchev–Trinajstić information content (AvgIpc) is 2.49. The van der Waals surface area contributed by atoms with Gasteiger partial charge in [-0.2, -0.15) is 0 Å². The summed E-state index contributed by atoms with van der Waals surface area (Å²) >= 11 is 5.81. The van der Waals surface area contributed by atoms with Crippen LogP contribution in [0.3, 0.4) is 0 Å². The number of hydrogen-bond acceptors (Lipinski definition) is 2. The monoisotopic (exact) mass is 316 g/mol. The average molecular weight is 317 g/mol. The largest absolute Gasteiger partial charge is 0.495 e. The fourth-order valence-electron chi connectivity index (χ4n) is 1.87. The third-order valence-corrected chi connectivity index (χ3v) is 3.22. The molecule has 0 bridgehead atoms. The summed E-state index contributed by atoms with van der Waals surface area (Å²) < 4.78 is 5.21. The summed E-state index contributed by atoms with van der Waals surface area (Å²) in [7, 11) is 1.56. The summed E-state index contributed by atoms with van der Waals surface area (Å²) in [5.74, 6) is 0.613. The predicted octanol–water partition coefficient (Wildman–Crippen LogP) is 4.45. The van der Waals surface area contributed by atoms with Crippen molar-refractivity contribution in [2.24, 2.45) is 0 Å². The Balaban J connectivity index is 1.96. The van der Waals surface area contributed by atoms with Gasteiger partial charge < -0.3 is 15.4 Å². The molecule has 0 saturated heterocycles. The molecule has 2 amide bonds. The number of methoxy groups -OCH3 is 1. The van der Waals surface area contributed by atoms with Gasteiger partial charge in [-0.3, -0.25) is 0 Å². The summed E-state index contributed by atoms with van der Waals surface area (Å²) in [6, 6.07) is 12.6. The fraction of sp³-hybridized carbons (Fsp3) is 0.118. The first kappa shape index (κ1) is 15.9. The van der Waals surface area contributed by atoms with Gasteiger partial charge in [-0.25, -0.2) is 4.79 Å². The molecule has 2 rings (SSSR count). The van der Waals surface area contributed by atoms with Crippen molar-refractivity contribution >= 4 is 29.4 Å². The van der Waals surface area contributed by atoms with Crippen LogP contribution in [-0.4, -0.2) is 13.1 Å². The maximum atomic E-state index is 11.9. The number of ether oxygens (including phenoxy) is 1. The molecule has 114 valence electrons. The number of amides is 2. The van der Waals surface area contributed by atoms with E-state index in [0.717, 1.165) is 11.1 Å². The zero-order valence-electron chi connectivity index (χ0n) is 12.4. The molecular weight excluding hydrogens is 300 g/mol. The van der Waals surface area contributed by atoms with E-state index in [9.17, 15) is 4.79 Å². The van der Waals surface area contributed by atoms with Crippen LogP contribution in [0.2, 0.25) is 5.02 Å². The van der Waals surface area contributed by atoms with E-state index in [1.807, 2.05) is 37.3 Å². The minimum Gasteiger partial charge on any atom is -0.495 e. The molecule has 0 aromatic heterocycles. The number of urea groups is 1. The smallest absolute Gasteiger partial charge is 0.323 e. The van der Waals surface area contributed by atoms with Gasteiger partial charge >= 0.3 is 6.03 Å². The van der Waals surface area contributed by atoms with Crippen LogP contribution < -0.4 is 15.4 Å². The van der Waals surface area contributed by atoms with Crippen LogP contribution in [0, 0.1) is 6.92 Å². The highest BCUT2D eigenvalue weighted by Crippen LogP contribution is 2.24. The number of carbonyl (C=O) groups excluding carboxylic acids is 1. The Hall–Kier alpha value is -2.46. The van der Waals surface area contributed by atoms with Crippen LogP contribution >= 0.6 is 11.6 Å². The number of anilines is 1. The Bertz CT molecular complexity index is 682. The third kappa shape index (κ3) is 4.53. The topological polar surface area (TPSA) is 50.4 Å². The Morgan fingerprint density at radius 2 is 1.91 bits per heavy atom. The molecule has 0 aliphatic heterocycles. The summed E-state index contributed by atoms with van der Waals surface area (Å²) in [5.41, 5.74) is 2.60. The number of halogens is 1. The van der Waals surface area contributed by atoms with Crippen LogP contribution in [0.1, 0.15) is 11.1 Å². The molecule has 0 heterocycles. The van der Waals surface area contributed by atoms with Crippen molar-refractivity contribution in [1.82, 2.24) is 5.32 Å². The molecule has 2 aromatic carbocycles. The van der Waals surface area contributed by atoms with Crippen LogP contribution in [0.15, 0.2) is 48.7 Å². The molecule has 22 heavy (non-hydrogen) atoms. The van der Waals surface area contributed by atoms with Crippen molar-refractivity contribution in [3.8, 4) is 5.75 Å². The van der Waals surface area contributed by atoms with E-state index in [1.54, 1.807) is 31.5 Å². The van der Waals surface area contributed by atoms with Crippen molar-refractivity contribution < 1.29 is 9.53 Å². The van der Waals surface area contributed by atoms with Gasteiger partial charge in [0.15, 0.2) is 0 Å². The van der Waals surface area contributed by atoms with E-state index in [2.05, 4.69) is 10.6 Å². The Kier molecular flexibility index (Phi) is 5.44. The predicted molar refractivity (Wildman–Crippen MR) is 90.4 cm³/mol. The Labute approximate surface area is 134 Å². The molecule has 0 spiro atoms. The van der Waals surface area contributed by atoms with Gasteiger partial charge in [0.25, 0.3) is 0 Å². The lowest BCUT2D eigenvalue weighted by atomic mass is 10.2. The van der Waals surface area contributed by atoms with Crippen molar-refractivity contribution in [2.45, 2.75) is 6.92 Å². The van der Waals surface area contributed by atoms with Crippen molar-refractivity contribution in [3.05, 3.63) is 64.8 Å². The van der Waals surface area contributed by atoms with E-state index >= 15 is 0 Å². The highest BCUT2D eigenvalue weighted by atomic mass is 35.5. The molecule has 0 unspecified atom stereocenters. The number of nitrogens with one attached hydrogen (secondary N) is 2. The van der Waals surface area contributed by atoms with E-state index in [1.165, 1.54) is 0 Å². The second-order valence-electron chi connectivity index (χ2n) is 4.69. The maximum Gasteiger partial charge on any atom is 0.323 e. The highest BCUT2D eigenvalue weighted by molar-refractivity contribution is 6.30. The molecule has 0 atom stereocenters. The first-order valence-corrected chi connectivity index (χ1v) is 7.10. The second-order valence-corrected chi connectivity index (χ2v) is 5.12. The highest BCUT2D eigenvalue weighted by Gasteiger charge is 2.06. The van der Waals surface area contributed by atoms with Crippen LogP contribution in [-0.2, 0) is 0 Å². The molecule has 5 heteroatoms.